The lowest BCUT2D eigenvalue weighted by Crippen LogP contribution is -2.26. The third kappa shape index (κ3) is 2.10. The molecule has 1 aromatic carbocycles. The Balaban J connectivity index is 2.14. The van der Waals surface area contributed by atoms with E-state index in [4.69, 9.17) is 0 Å². The maximum absolute atomic E-state index is 3.96. The van der Waals surface area contributed by atoms with Crippen molar-refractivity contribution in [1.82, 2.24) is 5.32 Å². The average Bonchev–Trinajstić information content (AvgIpc) is 2.19. The van der Waals surface area contributed by atoms with Gasteiger partial charge in [-0.3, -0.25) is 0 Å². The SMILES string of the molecule is [CH2]c1cccc(C2CCNCC2)c1. The van der Waals surface area contributed by atoms with Crippen LogP contribution in [0, 0.1) is 6.92 Å². The Bertz CT molecular complexity index is 274. The van der Waals surface area contributed by atoms with Gasteiger partial charge >= 0.3 is 0 Å². The van der Waals surface area contributed by atoms with Crippen molar-refractivity contribution in [2.45, 2.75) is 18.8 Å². The van der Waals surface area contributed by atoms with Gasteiger partial charge in [-0.2, -0.15) is 0 Å². The van der Waals surface area contributed by atoms with Gasteiger partial charge in [-0.15, -0.1) is 0 Å². The molecule has 0 aliphatic carbocycles. The lowest BCUT2D eigenvalue weighted by molar-refractivity contribution is 0.460. The predicted octanol–water partition coefficient (Wildman–Crippen LogP) is 2.34. The van der Waals surface area contributed by atoms with Crippen LogP contribution in [0.4, 0.5) is 0 Å². The minimum absolute atomic E-state index is 0.753. The molecule has 1 N–H and O–H groups in total. The second kappa shape index (κ2) is 3.93. The molecule has 0 amide bonds. The van der Waals surface area contributed by atoms with Gasteiger partial charge in [-0.25, -0.2) is 0 Å². The van der Waals surface area contributed by atoms with Crippen molar-refractivity contribution >= 4 is 0 Å². The monoisotopic (exact) mass is 174 g/mol. The summed E-state index contributed by atoms with van der Waals surface area (Å²) in [5, 5.41) is 3.38. The quantitative estimate of drug-likeness (QED) is 0.689. The lowest BCUT2D eigenvalue weighted by Gasteiger charge is -2.23. The zero-order valence-corrected chi connectivity index (χ0v) is 7.92. The smallest absolute Gasteiger partial charge is 0.00431 e. The van der Waals surface area contributed by atoms with Crippen molar-refractivity contribution < 1.29 is 0 Å². The van der Waals surface area contributed by atoms with Crippen LogP contribution in [0.3, 0.4) is 0 Å². The molecule has 1 fully saturated rings. The third-order valence-electron chi connectivity index (χ3n) is 2.76. The standard InChI is InChI=1S/C12H16N/c1-10-3-2-4-12(9-10)11-5-7-13-8-6-11/h2-4,9,11,13H,1,5-8H2. The number of rotatable bonds is 1. The number of benzene rings is 1. The van der Waals surface area contributed by atoms with Gasteiger partial charge in [-0.05, 0) is 49.9 Å². The molecule has 0 bridgehead atoms. The van der Waals surface area contributed by atoms with E-state index in [0.29, 0.717) is 0 Å². The number of hydrogen-bond acceptors (Lipinski definition) is 1. The Morgan fingerprint density at radius 3 is 2.69 bits per heavy atom. The first-order valence-corrected chi connectivity index (χ1v) is 4.99. The topological polar surface area (TPSA) is 12.0 Å². The van der Waals surface area contributed by atoms with E-state index in [1.54, 1.807) is 0 Å². The molecule has 0 unspecified atom stereocenters. The Morgan fingerprint density at radius 1 is 1.23 bits per heavy atom. The summed E-state index contributed by atoms with van der Waals surface area (Å²) in [6.45, 7) is 6.28. The molecule has 1 heterocycles. The van der Waals surface area contributed by atoms with Crippen LogP contribution in [0.5, 0.6) is 0 Å². The molecular weight excluding hydrogens is 158 g/mol. The Kier molecular flexibility index (Phi) is 2.65. The molecule has 0 atom stereocenters. The van der Waals surface area contributed by atoms with Gasteiger partial charge in [-0.1, -0.05) is 24.3 Å². The van der Waals surface area contributed by atoms with Crippen LogP contribution in [0.1, 0.15) is 29.9 Å². The summed E-state index contributed by atoms with van der Waals surface area (Å²) in [6, 6.07) is 8.62. The molecule has 1 heteroatoms. The van der Waals surface area contributed by atoms with Crippen molar-refractivity contribution in [2.24, 2.45) is 0 Å². The van der Waals surface area contributed by atoms with E-state index in [1.165, 1.54) is 18.4 Å². The summed E-state index contributed by atoms with van der Waals surface area (Å²) in [7, 11) is 0. The molecule has 0 saturated carbocycles. The highest BCUT2D eigenvalue weighted by atomic mass is 14.9. The van der Waals surface area contributed by atoms with Gasteiger partial charge in [0.1, 0.15) is 0 Å². The van der Waals surface area contributed by atoms with Crippen molar-refractivity contribution in [3.63, 3.8) is 0 Å². The van der Waals surface area contributed by atoms with Gasteiger partial charge in [0.15, 0.2) is 0 Å². The highest BCUT2D eigenvalue weighted by Gasteiger charge is 2.14. The third-order valence-corrected chi connectivity index (χ3v) is 2.76. The summed E-state index contributed by atoms with van der Waals surface area (Å²) in [4.78, 5) is 0. The fourth-order valence-corrected chi connectivity index (χ4v) is 2.00. The molecule has 2 rings (SSSR count). The molecular formula is C12H16N. The normalized spacial score (nSPS) is 18.8. The largest absolute Gasteiger partial charge is 0.317 e. The zero-order chi connectivity index (χ0) is 9.10. The fourth-order valence-electron chi connectivity index (χ4n) is 2.00. The van der Waals surface area contributed by atoms with E-state index in [0.717, 1.165) is 24.6 Å². The zero-order valence-electron chi connectivity index (χ0n) is 7.92. The van der Waals surface area contributed by atoms with Crippen LogP contribution >= 0.6 is 0 Å². The van der Waals surface area contributed by atoms with E-state index in [1.807, 2.05) is 0 Å². The first-order chi connectivity index (χ1) is 6.36. The molecule has 0 spiro atoms. The summed E-state index contributed by atoms with van der Waals surface area (Å²) in [5.74, 6) is 0.753. The highest BCUT2D eigenvalue weighted by Crippen LogP contribution is 2.25. The Morgan fingerprint density at radius 2 is 2.00 bits per heavy atom. The molecule has 69 valence electrons. The van der Waals surface area contributed by atoms with Crippen molar-refractivity contribution in [3.8, 4) is 0 Å². The van der Waals surface area contributed by atoms with E-state index in [2.05, 4.69) is 36.5 Å². The molecule has 1 saturated heterocycles. The van der Waals surface area contributed by atoms with Crippen molar-refractivity contribution in [1.29, 1.82) is 0 Å². The average molecular weight is 174 g/mol. The van der Waals surface area contributed by atoms with Gasteiger partial charge in [0, 0.05) is 0 Å². The Hall–Kier alpha value is -0.820. The van der Waals surface area contributed by atoms with Crippen molar-refractivity contribution in [2.75, 3.05) is 13.1 Å². The number of nitrogens with one attached hydrogen (secondary N) is 1. The summed E-state index contributed by atoms with van der Waals surface area (Å²) >= 11 is 0. The first kappa shape index (κ1) is 8.76. The van der Waals surface area contributed by atoms with Gasteiger partial charge in [0.2, 0.25) is 0 Å². The van der Waals surface area contributed by atoms with E-state index < -0.39 is 0 Å². The molecule has 1 aromatic rings. The maximum Gasteiger partial charge on any atom is -0.00431 e. The Labute approximate surface area is 80.2 Å². The minimum Gasteiger partial charge on any atom is -0.317 e. The fraction of sp³-hybridized carbons (Fsp3) is 0.417. The number of hydrogen-bond donors (Lipinski definition) is 1. The van der Waals surface area contributed by atoms with Gasteiger partial charge in [0.25, 0.3) is 0 Å². The molecule has 1 radical (unpaired) electrons. The van der Waals surface area contributed by atoms with Gasteiger partial charge < -0.3 is 5.32 Å². The van der Waals surface area contributed by atoms with Crippen LogP contribution < -0.4 is 5.32 Å². The maximum atomic E-state index is 3.96. The second-order valence-corrected chi connectivity index (χ2v) is 3.77. The van der Waals surface area contributed by atoms with Crippen LogP contribution in [-0.4, -0.2) is 13.1 Å². The first-order valence-electron chi connectivity index (χ1n) is 4.99. The van der Waals surface area contributed by atoms with Crippen molar-refractivity contribution in [3.05, 3.63) is 42.3 Å². The van der Waals surface area contributed by atoms with Crippen LogP contribution in [0.2, 0.25) is 0 Å². The number of piperidine rings is 1. The second-order valence-electron chi connectivity index (χ2n) is 3.77. The molecule has 1 nitrogen and oxygen atoms in total. The van der Waals surface area contributed by atoms with E-state index in [9.17, 15) is 0 Å². The van der Waals surface area contributed by atoms with Crippen LogP contribution in [0.15, 0.2) is 24.3 Å². The molecule has 0 aromatic heterocycles. The summed E-state index contributed by atoms with van der Waals surface area (Å²) in [6.07, 6.45) is 2.53. The predicted molar refractivity (Wildman–Crippen MR) is 55.7 cm³/mol. The van der Waals surface area contributed by atoms with Crippen LogP contribution in [0.25, 0.3) is 0 Å². The highest BCUT2D eigenvalue weighted by molar-refractivity contribution is 5.28. The molecule has 1 aliphatic rings. The van der Waals surface area contributed by atoms with E-state index in [-0.39, 0.29) is 0 Å². The van der Waals surface area contributed by atoms with E-state index >= 15 is 0 Å². The molecule has 1 aliphatic heterocycles. The minimum atomic E-state index is 0.753. The summed E-state index contributed by atoms with van der Waals surface area (Å²) < 4.78 is 0. The van der Waals surface area contributed by atoms with Crippen LogP contribution in [-0.2, 0) is 0 Å². The molecule has 13 heavy (non-hydrogen) atoms. The van der Waals surface area contributed by atoms with Gasteiger partial charge in [0.05, 0.1) is 0 Å². The lowest BCUT2D eigenvalue weighted by atomic mass is 9.89. The summed E-state index contributed by atoms with van der Waals surface area (Å²) in [5.41, 5.74) is 2.60.